The van der Waals surface area contributed by atoms with Crippen LogP contribution in [-0.2, 0) is 0 Å². The Morgan fingerprint density at radius 2 is 1.77 bits per heavy atom. The molecular weight excluding hydrogens is 400 g/mol. The Kier molecular flexibility index (Phi) is 5.02. The number of pyridine rings is 1. The first-order valence-electron chi connectivity index (χ1n) is 9.95. The van der Waals surface area contributed by atoms with E-state index in [1.54, 1.807) is 24.8 Å². The van der Waals surface area contributed by atoms with E-state index in [1.807, 2.05) is 22.7 Å². The van der Waals surface area contributed by atoms with Crippen LogP contribution in [0.15, 0.2) is 49.4 Å². The quantitative estimate of drug-likeness (QED) is 0.519. The fourth-order valence-corrected chi connectivity index (χ4v) is 4.02. The van der Waals surface area contributed by atoms with Crippen molar-refractivity contribution in [3.63, 3.8) is 0 Å². The Bertz CT molecular complexity index is 1170. The van der Waals surface area contributed by atoms with Gasteiger partial charge in [-0.05, 0) is 37.8 Å². The van der Waals surface area contributed by atoms with Crippen molar-refractivity contribution in [2.24, 2.45) is 5.73 Å². The van der Waals surface area contributed by atoms with Gasteiger partial charge in [0.1, 0.15) is 17.7 Å². The molecule has 0 atom stereocenters. The lowest BCUT2D eigenvalue weighted by molar-refractivity contribution is 0.410. The predicted octanol–water partition coefficient (Wildman–Crippen LogP) is 3.58. The molecule has 1 aliphatic rings. The van der Waals surface area contributed by atoms with E-state index in [1.165, 1.54) is 6.33 Å². The minimum atomic E-state index is 0.298. The minimum Gasteiger partial charge on any atom is -0.351 e. The van der Waals surface area contributed by atoms with Gasteiger partial charge in [-0.3, -0.25) is 4.40 Å². The summed E-state index contributed by atoms with van der Waals surface area (Å²) < 4.78 is 1.97. The molecule has 0 amide bonds. The van der Waals surface area contributed by atoms with Crippen LogP contribution in [-0.4, -0.2) is 41.4 Å². The maximum absolute atomic E-state index is 6.48. The number of nitrogens with zero attached hydrogens (tertiary/aromatic N) is 6. The second-order valence-electron chi connectivity index (χ2n) is 7.56. The summed E-state index contributed by atoms with van der Waals surface area (Å²) in [5, 5.41) is 3.91. The van der Waals surface area contributed by atoms with Crippen LogP contribution in [0, 0.1) is 0 Å². The average Bonchev–Trinajstić information content (AvgIpc) is 3.20. The van der Waals surface area contributed by atoms with E-state index in [0.29, 0.717) is 28.7 Å². The molecule has 9 heteroatoms. The summed E-state index contributed by atoms with van der Waals surface area (Å²) >= 11 is 6.48. The molecule has 0 saturated heterocycles. The maximum atomic E-state index is 6.48. The van der Waals surface area contributed by atoms with Crippen molar-refractivity contribution in [2.75, 3.05) is 5.32 Å². The zero-order valence-electron chi connectivity index (χ0n) is 16.2. The summed E-state index contributed by atoms with van der Waals surface area (Å²) in [7, 11) is 0. The Morgan fingerprint density at radius 1 is 0.967 bits per heavy atom. The Morgan fingerprint density at radius 3 is 2.57 bits per heavy atom. The van der Waals surface area contributed by atoms with Crippen LogP contribution in [0.5, 0.6) is 0 Å². The third-order valence-electron chi connectivity index (χ3n) is 5.49. The lowest BCUT2D eigenvalue weighted by Crippen LogP contribution is -2.33. The third kappa shape index (κ3) is 3.71. The van der Waals surface area contributed by atoms with Gasteiger partial charge in [-0.2, -0.15) is 0 Å². The summed E-state index contributed by atoms with van der Waals surface area (Å²) in [5.41, 5.74) is 10.1. The van der Waals surface area contributed by atoms with E-state index in [2.05, 4.69) is 25.3 Å². The van der Waals surface area contributed by atoms with Crippen LogP contribution in [0.3, 0.4) is 0 Å². The number of nitrogens with one attached hydrogen (secondary N) is 1. The second-order valence-corrected chi connectivity index (χ2v) is 7.97. The second kappa shape index (κ2) is 7.97. The van der Waals surface area contributed by atoms with Crippen LogP contribution < -0.4 is 11.1 Å². The molecule has 4 aromatic heterocycles. The predicted molar refractivity (Wildman–Crippen MR) is 116 cm³/mol. The molecule has 5 rings (SSSR count). The Balaban J connectivity index is 1.50. The molecule has 0 unspecified atom stereocenters. The molecule has 1 saturated carbocycles. The normalized spacial score (nSPS) is 19.1. The van der Waals surface area contributed by atoms with Gasteiger partial charge in [-0.15, -0.1) is 0 Å². The van der Waals surface area contributed by atoms with Crippen molar-refractivity contribution in [2.45, 2.75) is 37.8 Å². The van der Waals surface area contributed by atoms with E-state index in [4.69, 9.17) is 22.3 Å². The highest BCUT2D eigenvalue weighted by atomic mass is 35.5. The molecule has 1 fully saturated rings. The lowest BCUT2D eigenvalue weighted by Gasteiger charge is -2.26. The molecule has 4 aromatic rings. The molecule has 3 N–H and O–H groups in total. The summed E-state index contributed by atoms with van der Waals surface area (Å²) in [4.78, 5) is 21.8. The average molecular weight is 421 g/mol. The topological polar surface area (TPSA) is 107 Å². The first-order valence-corrected chi connectivity index (χ1v) is 10.3. The minimum absolute atomic E-state index is 0.298. The zero-order valence-corrected chi connectivity index (χ0v) is 17.0. The number of rotatable bonds is 4. The number of hydrogen-bond donors (Lipinski definition) is 2. The number of halogens is 1. The molecule has 30 heavy (non-hydrogen) atoms. The number of anilines is 1. The first-order chi connectivity index (χ1) is 14.7. The van der Waals surface area contributed by atoms with Crippen LogP contribution in [0.25, 0.3) is 28.2 Å². The van der Waals surface area contributed by atoms with Gasteiger partial charge in [0.05, 0.1) is 23.1 Å². The third-order valence-corrected chi connectivity index (χ3v) is 5.77. The SMILES string of the molecule is N[C@H]1CC[C@H](Nc2ncc(Cl)c(-c3cnc4ccc(-c5cncnc5)cn34)n2)CC1. The van der Waals surface area contributed by atoms with Gasteiger partial charge in [-0.25, -0.2) is 24.9 Å². The van der Waals surface area contributed by atoms with E-state index >= 15 is 0 Å². The molecule has 1 aliphatic carbocycles. The van der Waals surface area contributed by atoms with Crippen LogP contribution >= 0.6 is 11.6 Å². The Hall–Kier alpha value is -3.10. The van der Waals surface area contributed by atoms with Crippen molar-refractivity contribution < 1.29 is 0 Å². The summed E-state index contributed by atoms with van der Waals surface area (Å²) in [5.74, 6) is 0.567. The summed E-state index contributed by atoms with van der Waals surface area (Å²) in [6.07, 6.45) is 14.5. The summed E-state index contributed by atoms with van der Waals surface area (Å²) in [6.45, 7) is 0. The van der Waals surface area contributed by atoms with Crippen molar-refractivity contribution >= 4 is 23.2 Å². The van der Waals surface area contributed by atoms with Gasteiger partial charge in [0.2, 0.25) is 5.95 Å². The molecule has 0 spiro atoms. The van der Waals surface area contributed by atoms with E-state index in [9.17, 15) is 0 Å². The van der Waals surface area contributed by atoms with E-state index in [-0.39, 0.29) is 0 Å². The van der Waals surface area contributed by atoms with Crippen molar-refractivity contribution in [3.8, 4) is 22.5 Å². The monoisotopic (exact) mass is 420 g/mol. The fourth-order valence-electron chi connectivity index (χ4n) is 3.84. The summed E-state index contributed by atoms with van der Waals surface area (Å²) in [6, 6.07) is 4.57. The molecule has 0 bridgehead atoms. The van der Waals surface area contributed by atoms with Crippen LogP contribution in [0.1, 0.15) is 25.7 Å². The van der Waals surface area contributed by atoms with Crippen LogP contribution in [0.2, 0.25) is 5.02 Å². The molecule has 0 aliphatic heterocycles. The largest absolute Gasteiger partial charge is 0.351 e. The Labute approximate surface area is 178 Å². The number of fused-ring (bicyclic) bond motifs is 1. The zero-order chi connectivity index (χ0) is 20.5. The van der Waals surface area contributed by atoms with Gasteiger partial charge in [-0.1, -0.05) is 11.6 Å². The van der Waals surface area contributed by atoms with Gasteiger partial charge < -0.3 is 11.1 Å². The number of aromatic nitrogens is 6. The van der Waals surface area contributed by atoms with Crippen molar-refractivity contribution in [3.05, 3.63) is 54.5 Å². The van der Waals surface area contributed by atoms with Crippen molar-refractivity contribution in [1.29, 1.82) is 0 Å². The lowest BCUT2D eigenvalue weighted by atomic mass is 9.92. The smallest absolute Gasteiger partial charge is 0.223 e. The van der Waals surface area contributed by atoms with Gasteiger partial charge in [0, 0.05) is 41.8 Å². The van der Waals surface area contributed by atoms with Crippen LogP contribution in [0.4, 0.5) is 5.95 Å². The van der Waals surface area contributed by atoms with Gasteiger partial charge >= 0.3 is 0 Å². The molecule has 152 valence electrons. The highest BCUT2D eigenvalue weighted by Crippen LogP contribution is 2.29. The van der Waals surface area contributed by atoms with Gasteiger partial charge in [0.15, 0.2) is 0 Å². The highest BCUT2D eigenvalue weighted by molar-refractivity contribution is 6.32. The molecule has 0 radical (unpaired) electrons. The molecule has 0 aromatic carbocycles. The van der Waals surface area contributed by atoms with Crippen molar-refractivity contribution in [1.82, 2.24) is 29.3 Å². The molecule has 4 heterocycles. The standard InChI is InChI=1S/C21H21ClN8/c22-17-9-27-21(28-16-4-2-15(23)3-5-16)29-20(17)18-10-26-19-6-1-13(11-30(18)19)14-7-24-12-25-8-14/h1,6-12,15-16H,2-5,23H2,(H,27,28,29)/t15-,16-. The van der Waals surface area contributed by atoms with E-state index in [0.717, 1.165) is 48.2 Å². The molecular formula is C21H21ClN8. The number of hydrogen-bond acceptors (Lipinski definition) is 7. The van der Waals surface area contributed by atoms with E-state index < -0.39 is 0 Å². The molecule has 8 nitrogen and oxygen atoms in total. The fraction of sp³-hybridized carbons (Fsp3) is 0.286. The maximum Gasteiger partial charge on any atom is 0.223 e. The highest BCUT2D eigenvalue weighted by Gasteiger charge is 2.20. The first kappa shape index (κ1) is 18.9. The number of nitrogens with two attached hydrogens (primary N) is 1. The number of imidazole rings is 1. The van der Waals surface area contributed by atoms with Gasteiger partial charge in [0.25, 0.3) is 0 Å².